The van der Waals surface area contributed by atoms with Crippen molar-refractivity contribution in [3.8, 4) is 5.75 Å². The molecule has 0 saturated heterocycles. The summed E-state index contributed by atoms with van der Waals surface area (Å²) < 4.78 is 44.5. The lowest BCUT2D eigenvalue weighted by molar-refractivity contribution is 0.00288. The van der Waals surface area contributed by atoms with Crippen molar-refractivity contribution in [2.45, 2.75) is 32.1 Å². The molecule has 1 fully saturated rings. The smallest absolute Gasteiger partial charge is 0.248 e. The zero-order valence-corrected chi connectivity index (χ0v) is 10.6. The molecule has 0 radical (unpaired) electrons. The zero-order valence-electron chi connectivity index (χ0n) is 10.6. The quantitative estimate of drug-likeness (QED) is 0.778. The fourth-order valence-electron chi connectivity index (χ4n) is 2.30. The highest BCUT2D eigenvalue weighted by atomic mass is 19.3. The van der Waals surface area contributed by atoms with Gasteiger partial charge in [0.05, 0.1) is 12.2 Å². The van der Waals surface area contributed by atoms with E-state index in [1.807, 2.05) is 0 Å². The summed E-state index contributed by atoms with van der Waals surface area (Å²) in [7, 11) is 0. The molecule has 1 aliphatic rings. The number of Topliss-reactive ketones (excluding diaryl/α,β-unsaturated/α-hetero) is 1. The van der Waals surface area contributed by atoms with Crippen LogP contribution in [0.2, 0.25) is 0 Å². The number of ether oxygens (including phenoxy) is 1. The van der Waals surface area contributed by atoms with E-state index in [9.17, 15) is 18.0 Å². The Balaban J connectivity index is 2.03. The summed E-state index contributed by atoms with van der Waals surface area (Å²) in [5.41, 5.74) is 0.270. The summed E-state index contributed by atoms with van der Waals surface area (Å²) >= 11 is 0. The minimum absolute atomic E-state index is 0.0827. The second-order valence-electron chi connectivity index (χ2n) is 4.97. The Morgan fingerprint density at radius 3 is 2.79 bits per heavy atom. The highest BCUT2D eigenvalue weighted by Crippen LogP contribution is 2.39. The van der Waals surface area contributed by atoms with Crippen LogP contribution < -0.4 is 4.74 Å². The first-order valence-electron chi connectivity index (χ1n) is 6.18. The number of carbonyl (C=O) groups excluding carboxylic acids is 1. The standard InChI is InChI=1S/C14H15F3O2/c1-9(18)12-3-2-11(15)6-13(12)19-8-10-4-5-14(16,17)7-10/h2-3,6,10H,4-5,7-8H2,1H3. The van der Waals surface area contributed by atoms with Gasteiger partial charge in [0.25, 0.3) is 0 Å². The van der Waals surface area contributed by atoms with Gasteiger partial charge in [0.2, 0.25) is 5.92 Å². The van der Waals surface area contributed by atoms with E-state index in [0.29, 0.717) is 6.42 Å². The van der Waals surface area contributed by atoms with Crippen molar-refractivity contribution in [1.82, 2.24) is 0 Å². The Morgan fingerprint density at radius 1 is 1.47 bits per heavy atom. The minimum atomic E-state index is -2.63. The summed E-state index contributed by atoms with van der Waals surface area (Å²) in [6, 6.07) is 3.63. The molecule has 19 heavy (non-hydrogen) atoms. The van der Waals surface area contributed by atoms with Gasteiger partial charge in [0, 0.05) is 18.9 Å². The molecule has 1 aromatic carbocycles. The molecule has 0 amide bonds. The molecule has 1 saturated carbocycles. The molecule has 0 N–H and O–H groups in total. The van der Waals surface area contributed by atoms with Gasteiger partial charge < -0.3 is 4.74 Å². The molecule has 2 nitrogen and oxygen atoms in total. The SMILES string of the molecule is CC(=O)c1ccc(F)cc1OCC1CCC(F)(F)C1. The average Bonchev–Trinajstić information content (AvgIpc) is 2.66. The highest BCUT2D eigenvalue weighted by Gasteiger charge is 2.39. The van der Waals surface area contributed by atoms with Gasteiger partial charge in [-0.3, -0.25) is 4.79 Å². The fraction of sp³-hybridized carbons (Fsp3) is 0.500. The number of carbonyl (C=O) groups is 1. The second-order valence-corrected chi connectivity index (χ2v) is 4.97. The van der Waals surface area contributed by atoms with Crippen molar-refractivity contribution in [2.75, 3.05) is 6.61 Å². The average molecular weight is 272 g/mol. The van der Waals surface area contributed by atoms with Crippen LogP contribution in [-0.2, 0) is 0 Å². The number of ketones is 1. The van der Waals surface area contributed by atoms with Crippen molar-refractivity contribution in [2.24, 2.45) is 5.92 Å². The molecule has 1 unspecified atom stereocenters. The summed E-state index contributed by atoms with van der Waals surface area (Å²) in [5.74, 6) is -3.51. The number of benzene rings is 1. The monoisotopic (exact) mass is 272 g/mol. The lowest BCUT2D eigenvalue weighted by Gasteiger charge is -2.14. The molecule has 2 rings (SSSR count). The van der Waals surface area contributed by atoms with Crippen LogP contribution in [-0.4, -0.2) is 18.3 Å². The molecule has 104 valence electrons. The van der Waals surface area contributed by atoms with Gasteiger partial charge in [-0.05, 0) is 31.4 Å². The first-order chi connectivity index (χ1) is 8.87. The van der Waals surface area contributed by atoms with E-state index in [1.165, 1.54) is 19.1 Å². The van der Waals surface area contributed by atoms with Crippen LogP contribution >= 0.6 is 0 Å². The van der Waals surface area contributed by atoms with Crippen LogP contribution in [0.5, 0.6) is 5.75 Å². The van der Waals surface area contributed by atoms with Crippen molar-refractivity contribution in [1.29, 1.82) is 0 Å². The molecule has 0 heterocycles. The van der Waals surface area contributed by atoms with E-state index in [0.717, 1.165) is 6.07 Å². The Kier molecular flexibility index (Phi) is 3.83. The maximum Gasteiger partial charge on any atom is 0.248 e. The molecular weight excluding hydrogens is 257 g/mol. The normalized spacial score (nSPS) is 21.4. The van der Waals surface area contributed by atoms with Gasteiger partial charge in [-0.25, -0.2) is 13.2 Å². The van der Waals surface area contributed by atoms with Gasteiger partial charge in [0.15, 0.2) is 5.78 Å². The van der Waals surface area contributed by atoms with Gasteiger partial charge in [-0.15, -0.1) is 0 Å². The van der Waals surface area contributed by atoms with E-state index in [4.69, 9.17) is 4.74 Å². The van der Waals surface area contributed by atoms with Crippen molar-refractivity contribution in [3.05, 3.63) is 29.6 Å². The van der Waals surface area contributed by atoms with Crippen molar-refractivity contribution in [3.63, 3.8) is 0 Å². The second kappa shape index (κ2) is 5.23. The Hall–Kier alpha value is -1.52. The van der Waals surface area contributed by atoms with Crippen LogP contribution in [0.3, 0.4) is 0 Å². The zero-order chi connectivity index (χ0) is 14.0. The van der Waals surface area contributed by atoms with Crippen molar-refractivity contribution < 1.29 is 22.7 Å². The van der Waals surface area contributed by atoms with Gasteiger partial charge in [0.1, 0.15) is 11.6 Å². The van der Waals surface area contributed by atoms with E-state index in [-0.39, 0.29) is 42.5 Å². The molecule has 0 aromatic heterocycles. The van der Waals surface area contributed by atoms with Crippen LogP contribution in [0, 0.1) is 11.7 Å². The van der Waals surface area contributed by atoms with E-state index in [1.54, 1.807) is 0 Å². The number of alkyl halides is 2. The van der Waals surface area contributed by atoms with Crippen molar-refractivity contribution >= 4 is 5.78 Å². The summed E-state index contributed by atoms with van der Waals surface area (Å²) in [5, 5.41) is 0. The number of halogens is 3. The molecule has 0 spiro atoms. The molecule has 1 aromatic rings. The number of hydrogen-bond acceptors (Lipinski definition) is 2. The van der Waals surface area contributed by atoms with E-state index < -0.39 is 11.7 Å². The Labute approximate surface area is 109 Å². The first-order valence-corrected chi connectivity index (χ1v) is 6.18. The van der Waals surface area contributed by atoms with Crippen LogP contribution in [0.15, 0.2) is 18.2 Å². The van der Waals surface area contributed by atoms with Gasteiger partial charge >= 0.3 is 0 Å². The van der Waals surface area contributed by atoms with Crippen LogP contribution in [0.4, 0.5) is 13.2 Å². The lowest BCUT2D eigenvalue weighted by Crippen LogP contribution is -2.14. The molecule has 1 atom stereocenters. The van der Waals surface area contributed by atoms with E-state index >= 15 is 0 Å². The number of hydrogen-bond donors (Lipinski definition) is 0. The third-order valence-electron chi connectivity index (χ3n) is 3.30. The Bertz CT molecular complexity index is 486. The first kappa shape index (κ1) is 13.9. The van der Waals surface area contributed by atoms with Crippen LogP contribution in [0.1, 0.15) is 36.5 Å². The molecule has 1 aliphatic carbocycles. The van der Waals surface area contributed by atoms with Gasteiger partial charge in [-0.2, -0.15) is 0 Å². The summed E-state index contributed by atoms with van der Waals surface area (Å²) in [6.07, 6.45) is 0.0409. The maximum absolute atomic E-state index is 13.1. The molecular formula is C14H15F3O2. The maximum atomic E-state index is 13.1. The summed E-state index contributed by atoms with van der Waals surface area (Å²) in [4.78, 5) is 11.4. The third kappa shape index (κ3) is 3.49. The minimum Gasteiger partial charge on any atom is -0.492 e. The van der Waals surface area contributed by atoms with Gasteiger partial charge in [-0.1, -0.05) is 0 Å². The molecule has 0 bridgehead atoms. The third-order valence-corrected chi connectivity index (χ3v) is 3.30. The largest absolute Gasteiger partial charge is 0.492 e. The lowest BCUT2D eigenvalue weighted by atomic mass is 10.1. The van der Waals surface area contributed by atoms with Crippen LogP contribution in [0.25, 0.3) is 0 Å². The van der Waals surface area contributed by atoms with E-state index in [2.05, 4.69) is 0 Å². The molecule has 0 aliphatic heterocycles. The predicted molar refractivity (Wildman–Crippen MR) is 64.2 cm³/mol. The topological polar surface area (TPSA) is 26.3 Å². The highest BCUT2D eigenvalue weighted by molar-refractivity contribution is 5.96. The molecule has 5 heteroatoms. The fourth-order valence-corrected chi connectivity index (χ4v) is 2.30. The number of rotatable bonds is 4. The Morgan fingerprint density at radius 2 is 2.21 bits per heavy atom. The predicted octanol–water partition coefficient (Wildman–Crippen LogP) is 3.84. The summed E-state index contributed by atoms with van der Waals surface area (Å²) in [6.45, 7) is 1.43.